The first-order valence-electron chi connectivity index (χ1n) is 9.89. The molecular weight excluding hydrogens is 409 g/mol. The number of anilines is 1. The van der Waals surface area contributed by atoms with Crippen molar-refractivity contribution in [2.75, 3.05) is 24.5 Å². The van der Waals surface area contributed by atoms with Crippen molar-refractivity contribution in [3.05, 3.63) is 57.3 Å². The maximum Gasteiger partial charge on any atom is 0.261 e. The minimum absolute atomic E-state index is 0.151. The van der Waals surface area contributed by atoms with Crippen LogP contribution in [0.3, 0.4) is 0 Å². The zero-order valence-corrected chi connectivity index (χ0v) is 17.9. The first kappa shape index (κ1) is 20.1. The fourth-order valence-electron chi connectivity index (χ4n) is 3.79. The molecule has 0 atom stereocenters. The molecule has 0 aliphatic carbocycles. The van der Waals surface area contributed by atoms with Gasteiger partial charge in [-0.1, -0.05) is 17.7 Å². The third-order valence-corrected chi connectivity index (χ3v) is 6.89. The van der Waals surface area contributed by atoms with Crippen molar-refractivity contribution in [1.82, 2.24) is 10.3 Å². The Hall–Kier alpha value is -2.18. The number of fused-ring (bicyclic) bond motifs is 1. The molecule has 4 nitrogen and oxygen atoms in total. The number of hydrogen-bond acceptors (Lipinski definition) is 4. The van der Waals surface area contributed by atoms with E-state index in [9.17, 15) is 9.18 Å². The molecular formula is C22H23ClFN3OS. The normalized spacial score (nSPS) is 14.4. The summed E-state index contributed by atoms with van der Waals surface area (Å²) in [6.07, 6.45) is 5.59. The van der Waals surface area contributed by atoms with E-state index < -0.39 is 5.82 Å². The van der Waals surface area contributed by atoms with E-state index in [0.717, 1.165) is 34.9 Å². The van der Waals surface area contributed by atoms with Gasteiger partial charge in [-0.15, -0.1) is 11.3 Å². The van der Waals surface area contributed by atoms with Gasteiger partial charge in [0.15, 0.2) is 0 Å². The van der Waals surface area contributed by atoms with Gasteiger partial charge in [0.1, 0.15) is 10.6 Å². The van der Waals surface area contributed by atoms with Crippen LogP contribution in [0.25, 0.3) is 10.2 Å². The Morgan fingerprint density at radius 1 is 1.28 bits per heavy atom. The van der Waals surface area contributed by atoms with Gasteiger partial charge in [-0.3, -0.25) is 4.79 Å². The van der Waals surface area contributed by atoms with Gasteiger partial charge in [-0.2, -0.15) is 0 Å². The molecule has 0 bridgehead atoms. The molecule has 152 valence electrons. The fourth-order valence-corrected chi connectivity index (χ4v) is 5.16. The third kappa shape index (κ3) is 4.38. The highest BCUT2D eigenvalue weighted by atomic mass is 35.5. The lowest BCUT2D eigenvalue weighted by Crippen LogP contribution is -2.29. The van der Waals surface area contributed by atoms with Crippen molar-refractivity contribution >= 4 is 44.7 Å². The van der Waals surface area contributed by atoms with Gasteiger partial charge in [-0.05, 0) is 61.9 Å². The zero-order chi connectivity index (χ0) is 20.4. The number of halogens is 2. The number of piperidine rings is 1. The second-order valence-corrected chi connectivity index (χ2v) is 8.81. The first-order chi connectivity index (χ1) is 14.0. The van der Waals surface area contributed by atoms with Crippen LogP contribution in [0.1, 0.15) is 40.1 Å². The van der Waals surface area contributed by atoms with Crippen molar-refractivity contribution < 1.29 is 9.18 Å². The van der Waals surface area contributed by atoms with Gasteiger partial charge in [-0.25, -0.2) is 9.37 Å². The van der Waals surface area contributed by atoms with Gasteiger partial charge < -0.3 is 10.2 Å². The molecule has 1 fully saturated rings. The van der Waals surface area contributed by atoms with Crippen molar-refractivity contribution in [1.29, 1.82) is 0 Å². The highest BCUT2D eigenvalue weighted by Gasteiger charge is 2.17. The molecule has 2 aromatic heterocycles. The molecule has 0 unspecified atom stereocenters. The predicted octanol–water partition coefficient (Wildman–Crippen LogP) is 5.36. The predicted molar refractivity (Wildman–Crippen MR) is 118 cm³/mol. The van der Waals surface area contributed by atoms with E-state index in [1.807, 2.05) is 13.0 Å². The van der Waals surface area contributed by atoms with Crippen LogP contribution in [0.5, 0.6) is 0 Å². The SMILES string of the molecule is Cc1c(C(=O)NCCc2ccc(N3CCCCC3)c(Cl)c2)sc2ncc(F)cc12. The van der Waals surface area contributed by atoms with Crippen LogP contribution >= 0.6 is 22.9 Å². The van der Waals surface area contributed by atoms with Crippen LogP contribution < -0.4 is 10.2 Å². The van der Waals surface area contributed by atoms with E-state index in [1.165, 1.54) is 42.9 Å². The Morgan fingerprint density at radius 3 is 2.83 bits per heavy atom. The Bertz CT molecular complexity index is 1050. The van der Waals surface area contributed by atoms with Crippen molar-refractivity contribution in [3.8, 4) is 0 Å². The summed E-state index contributed by atoms with van der Waals surface area (Å²) in [5.74, 6) is -0.544. The average Bonchev–Trinajstić information content (AvgIpc) is 3.05. The number of amides is 1. The molecule has 29 heavy (non-hydrogen) atoms. The topological polar surface area (TPSA) is 45.2 Å². The van der Waals surface area contributed by atoms with Gasteiger partial charge in [0, 0.05) is 25.0 Å². The molecule has 1 N–H and O–H groups in total. The molecule has 0 spiro atoms. The molecule has 1 aliphatic heterocycles. The lowest BCUT2D eigenvalue weighted by Gasteiger charge is -2.29. The van der Waals surface area contributed by atoms with Crippen LogP contribution in [-0.2, 0) is 6.42 Å². The number of aromatic nitrogens is 1. The fraction of sp³-hybridized carbons (Fsp3) is 0.364. The molecule has 7 heteroatoms. The number of hydrogen-bond donors (Lipinski definition) is 1. The van der Waals surface area contributed by atoms with E-state index in [0.29, 0.717) is 28.1 Å². The number of benzene rings is 1. The molecule has 0 radical (unpaired) electrons. The molecule has 3 aromatic rings. The molecule has 1 aromatic carbocycles. The Labute approximate surface area is 178 Å². The largest absolute Gasteiger partial charge is 0.370 e. The smallest absolute Gasteiger partial charge is 0.261 e. The minimum Gasteiger partial charge on any atom is -0.370 e. The van der Waals surface area contributed by atoms with Crippen molar-refractivity contribution in [2.24, 2.45) is 0 Å². The monoisotopic (exact) mass is 431 g/mol. The summed E-state index contributed by atoms with van der Waals surface area (Å²) >= 11 is 7.80. The van der Waals surface area contributed by atoms with Crippen LogP contribution in [0.15, 0.2) is 30.5 Å². The lowest BCUT2D eigenvalue weighted by molar-refractivity contribution is 0.0957. The van der Waals surface area contributed by atoms with E-state index in [2.05, 4.69) is 27.3 Å². The average molecular weight is 432 g/mol. The Balaban J connectivity index is 1.38. The minimum atomic E-state index is -0.393. The highest BCUT2D eigenvalue weighted by Crippen LogP contribution is 2.30. The second kappa shape index (κ2) is 8.67. The summed E-state index contributed by atoms with van der Waals surface area (Å²) in [5, 5.41) is 4.42. The standard InChI is InChI=1S/C22H23ClFN3OS/c1-14-17-12-16(24)13-26-22(17)29-20(14)21(28)25-8-7-15-5-6-19(18(23)11-15)27-9-3-2-4-10-27/h5-6,11-13H,2-4,7-10H2,1H3,(H,25,28). The van der Waals surface area contributed by atoms with Crippen LogP contribution in [0, 0.1) is 12.7 Å². The lowest BCUT2D eigenvalue weighted by atomic mass is 10.1. The maximum absolute atomic E-state index is 13.4. The van der Waals surface area contributed by atoms with Crippen LogP contribution in [0.2, 0.25) is 5.02 Å². The van der Waals surface area contributed by atoms with Gasteiger partial charge in [0.05, 0.1) is 21.8 Å². The number of nitrogens with zero attached hydrogens (tertiary/aromatic N) is 2. The third-order valence-electron chi connectivity index (χ3n) is 5.38. The first-order valence-corrected chi connectivity index (χ1v) is 11.1. The summed E-state index contributed by atoms with van der Waals surface area (Å²) in [7, 11) is 0. The Kier molecular flexibility index (Phi) is 6.01. The Morgan fingerprint density at radius 2 is 2.07 bits per heavy atom. The van der Waals surface area contributed by atoms with Crippen molar-refractivity contribution in [2.45, 2.75) is 32.6 Å². The molecule has 4 rings (SSSR count). The van der Waals surface area contributed by atoms with Gasteiger partial charge in [0.25, 0.3) is 5.91 Å². The van der Waals surface area contributed by atoms with E-state index in [-0.39, 0.29) is 5.91 Å². The number of aryl methyl sites for hydroxylation is 1. The number of rotatable bonds is 5. The molecule has 0 saturated carbocycles. The van der Waals surface area contributed by atoms with Crippen molar-refractivity contribution in [3.63, 3.8) is 0 Å². The second-order valence-electron chi connectivity index (χ2n) is 7.40. The summed E-state index contributed by atoms with van der Waals surface area (Å²) in [5.41, 5.74) is 2.95. The number of carbonyl (C=O) groups is 1. The molecule has 1 amide bonds. The number of thiophene rings is 1. The summed E-state index contributed by atoms with van der Waals surface area (Å²) < 4.78 is 13.4. The summed E-state index contributed by atoms with van der Waals surface area (Å²) in [4.78, 5) is 20.3. The highest BCUT2D eigenvalue weighted by molar-refractivity contribution is 7.20. The maximum atomic E-state index is 13.4. The van der Waals surface area contributed by atoms with E-state index in [1.54, 1.807) is 0 Å². The number of pyridine rings is 1. The van der Waals surface area contributed by atoms with Crippen LogP contribution in [0.4, 0.5) is 10.1 Å². The van der Waals surface area contributed by atoms with Crippen LogP contribution in [-0.4, -0.2) is 30.5 Å². The zero-order valence-electron chi connectivity index (χ0n) is 16.3. The summed E-state index contributed by atoms with van der Waals surface area (Å²) in [6.45, 7) is 4.45. The van der Waals surface area contributed by atoms with E-state index in [4.69, 9.17) is 11.6 Å². The molecule has 3 heterocycles. The number of nitrogens with one attached hydrogen (secondary N) is 1. The van der Waals surface area contributed by atoms with Gasteiger partial charge in [0.2, 0.25) is 0 Å². The molecule has 1 aliphatic rings. The molecule has 1 saturated heterocycles. The quantitative estimate of drug-likeness (QED) is 0.591. The number of carbonyl (C=O) groups excluding carboxylic acids is 1. The van der Waals surface area contributed by atoms with E-state index >= 15 is 0 Å². The van der Waals surface area contributed by atoms with Gasteiger partial charge >= 0.3 is 0 Å². The summed E-state index contributed by atoms with van der Waals surface area (Å²) in [6, 6.07) is 7.59.